The lowest BCUT2D eigenvalue weighted by atomic mass is 9.69. The van der Waals surface area contributed by atoms with Crippen LogP contribution in [0.1, 0.15) is 328 Å². The molecule has 4 N–H and O–H groups in total. The third kappa shape index (κ3) is 56.3. The van der Waals surface area contributed by atoms with Crippen molar-refractivity contribution >= 4 is 83.6 Å². The minimum absolute atomic E-state index is 0.131. The number of hydrogen-bond acceptors (Lipinski definition) is 30. The number of methoxy groups -OCH3 is 6. The second-order valence-corrected chi connectivity index (χ2v) is 41.3. The molecule has 3 aromatic carbocycles. The van der Waals surface area contributed by atoms with Crippen LogP contribution in [0.4, 0.5) is 0 Å². The fourth-order valence-electron chi connectivity index (χ4n) is 10.8. The fourth-order valence-corrected chi connectivity index (χ4v) is 10.8. The third-order valence-corrected chi connectivity index (χ3v) is 25.6. The van der Waals surface area contributed by atoms with Gasteiger partial charge < -0.3 is 86.7 Å². The number of aliphatic hydroxyl groups is 2. The van der Waals surface area contributed by atoms with E-state index in [4.69, 9.17) is 67.1 Å². The van der Waals surface area contributed by atoms with Gasteiger partial charge in [0, 0.05) is 11.1 Å². The summed E-state index contributed by atoms with van der Waals surface area (Å²) in [4.78, 5) is 158. The lowest BCUT2D eigenvalue weighted by Gasteiger charge is -2.42. The van der Waals surface area contributed by atoms with Gasteiger partial charge in [0.2, 0.25) is 0 Å². The molecule has 2 aliphatic rings. The monoisotopic (exact) mass is 2040 g/mol. The molecule has 5 rings (SSSR count). The van der Waals surface area contributed by atoms with Gasteiger partial charge in [-0.15, -0.1) is 0 Å². The van der Waals surface area contributed by atoms with Gasteiger partial charge in [-0.1, -0.05) is 187 Å². The largest absolute Gasteiger partial charge is 0.481 e. The molecule has 2 aliphatic heterocycles. The SMILES string of the molecule is C=C(C)C(=O)OCC(O)COC(=O)C(C)(C)CC.C=C(C)C(=O)OCC(O)COC(=O)C(C)(C)CC.CCC(C)(C)C(=O)O.CCC(C)(C)C(=O)O.CCC(C)(C)C(=O)OC.CCC(C)(C)C(=O)OC.CCC(C)(C)C(=O)OCc1ccccc1.CCC(C)(C)C(=O)OCc1ccccc1.CCC(C)c1ccccc1.CCC1(C(=O)OC)COCC(C)(C(=O)OC)C1.CCC1(C(=O)OC)COCC(C)(C(=O)OC)C1. The molecule has 0 aliphatic carbocycles. The van der Waals surface area contributed by atoms with Crippen LogP contribution in [0.25, 0.3) is 0 Å². The number of carbonyl (C=O) groups is 14. The molecule has 32 heteroatoms. The molecule has 2 fully saturated rings. The van der Waals surface area contributed by atoms with E-state index in [1.165, 1.54) is 68.5 Å². The van der Waals surface area contributed by atoms with Crippen molar-refractivity contribution in [3.05, 3.63) is 132 Å². The molecule has 32 nitrogen and oxygen atoms in total. The normalized spacial score (nSPS) is 16.8. The van der Waals surface area contributed by atoms with Crippen LogP contribution < -0.4 is 0 Å². The molecule has 7 unspecified atom stereocenters. The van der Waals surface area contributed by atoms with Crippen LogP contribution in [0, 0.1) is 65.0 Å². The van der Waals surface area contributed by atoms with E-state index in [-0.39, 0.29) is 132 Å². The van der Waals surface area contributed by atoms with E-state index in [9.17, 15) is 77.3 Å². The molecule has 2 saturated heterocycles. The van der Waals surface area contributed by atoms with Gasteiger partial charge in [0.15, 0.2) is 0 Å². The molecule has 0 spiro atoms. The summed E-state index contributed by atoms with van der Waals surface area (Å²) in [5.74, 6) is -4.52. The minimum Gasteiger partial charge on any atom is -0.481 e. The second-order valence-electron chi connectivity index (χ2n) is 41.3. The summed E-state index contributed by atoms with van der Waals surface area (Å²) in [5.41, 5.74) is -2.65. The Labute approximate surface area is 862 Å². The van der Waals surface area contributed by atoms with Crippen molar-refractivity contribution in [3.8, 4) is 0 Å². The van der Waals surface area contributed by atoms with Crippen LogP contribution in [0.2, 0.25) is 0 Å². The molecule has 0 radical (unpaired) electrons. The molecule has 144 heavy (non-hydrogen) atoms. The predicted octanol–water partition coefficient (Wildman–Crippen LogP) is 20.9. The first-order chi connectivity index (χ1) is 66.3. The molecule has 0 bridgehead atoms. The Morgan fingerprint density at radius 3 is 0.757 bits per heavy atom. The van der Waals surface area contributed by atoms with E-state index in [2.05, 4.69) is 66.8 Å². The number of aliphatic hydroxyl groups excluding tert-OH is 2. The molecular formula is C112H186O32. The van der Waals surface area contributed by atoms with Crippen LogP contribution in [0.3, 0.4) is 0 Å². The highest BCUT2D eigenvalue weighted by molar-refractivity contribution is 5.88. The maximum absolute atomic E-state index is 11.9. The van der Waals surface area contributed by atoms with E-state index in [0.717, 1.165) is 36.8 Å². The number of benzene rings is 3. The van der Waals surface area contributed by atoms with E-state index < -0.39 is 79.4 Å². The zero-order chi connectivity index (χ0) is 113. The number of rotatable bonds is 38. The average Bonchev–Trinajstić information content (AvgIpc) is 0.778. The van der Waals surface area contributed by atoms with Gasteiger partial charge >= 0.3 is 83.6 Å². The topological polar surface area (TPSA) is 449 Å². The predicted molar refractivity (Wildman–Crippen MR) is 556 cm³/mol. The van der Waals surface area contributed by atoms with Crippen molar-refractivity contribution in [3.63, 3.8) is 0 Å². The maximum atomic E-state index is 11.9. The first-order valence-electron chi connectivity index (χ1n) is 49.3. The number of carboxylic acid groups (broad SMARTS) is 2. The van der Waals surface area contributed by atoms with Gasteiger partial charge in [0.05, 0.1) is 134 Å². The number of ether oxygens (including phenoxy) is 14. The summed E-state index contributed by atoms with van der Waals surface area (Å²) in [6.45, 7) is 67.1. The quantitative estimate of drug-likeness (QED) is 0.0235. The Hall–Kier alpha value is -10.4. The Bertz CT molecular complexity index is 4050. The molecule has 3 aromatic rings. The van der Waals surface area contributed by atoms with Gasteiger partial charge in [-0.25, -0.2) is 9.59 Å². The molecule has 2 heterocycles. The van der Waals surface area contributed by atoms with Crippen LogP contribution in [-0.4, -0.2) is 212 Å². The van der Waals surface area contributed by atoms with E-state index in [1.54, 1.807) is 69.2 Å². The van der Waals surface area contributed by atoms with Crippen LogP contribution in [-0.2, 0) is 147 Å². The standard InChI is InChI=1S/2C13H22O5.2C13H18O2.2C12H20O5.C10H14.2C7H14O2.2C6H12O2/c2*1-6-13(4,5)12(16)18-8-10(14)7-17-11(15)9(2)3;2*1-4-13(2,3)12(14)15-10-11-8-6-5-7-9-11;2*1-5-12(10(14)16-4)6-11(2,7-17-8-12)9(13)15-3;1-3-9(2)10-7-5-4-6-8-10;2*1-5-7(2,3)6(8)9-4;2*1-4-6(2,3)5(7)8/h2*10,14H,2,6-8H2,1,3-5H3;2*5-9H,4,10H2,1-3H3;2*5-8H2,1-4H3;4-9H,3H2,1-2H3;2*5H2,1-4H3;2*4H2,1-3H3,(H,7,8). The first kappa shape index (κ1) is 144. The Morgan fingerprint density at radius 2 is 0.562 bits per heavy atom. The fraction of sp³-hybridized carbons (Fsp3) is 0.679. The summed E-state index contributed by atoms with van der Waals surface area (Å²) >= 11 is 0. The number of hydrogen-bond donors (Lipinski definition) is 4. The highest BCUT2D eigenvalue weighted by Gasteiger charge is 2.53. The lowest BCUT2D eigenvalue weighted by Crippen LogP contribution is -2.50. The van der Waals surface area contributed by atoms with Gasteiger partial charge in [-0.2, -0.15) is 0 Å². The highest BCUT2D eigenvalue weighted by atomic mass is 16.6. The van der Waals surface area contributed by atoms with Crippen molar-refractivity contribution in [2.24, 2.45) is 65.0 Å². The Morgan fingerprint density at radius 1 is 0.333 bits per heavy atom. The summed E-state index contributed by atoms with van der Waals surface area (Å²) in [7, 11) is 8.22. The van der Waals surface area contributed by atoms with Gasteiger partial charge in [-0.05, 0) is 245 Å². The second kappa shape index (κ2) is 71.2. The summed E-state index contributed by atoms with van der Waals surface area (Å²) in [6.07, 6.45) is 7.01. The zero-order valence-electron chi connectivity index (χ0n) is 94.8. The highest BCUT2D eigenvalue weighted by Crippen LogP contribution is 2.45. The molecule has 0 saturated carbocycles. The van der Waals surface area contributed by atoms with Gasteiger partial charge in [0.1, 0.15) is 51.8 Å². The smallest absolute Gasteiger partial charge is 0.333 e. The summed E-state index contributed by atoms with van der Waals surface area (Å²) in [5, 5.41) is 35.8. The molecule has 0 amide bonds. The van der Waals surface area contributed by atoms with Crippen molar-refractivity contribution < 1.29 is 154 Å². The van der Waals surface area contributed by atoms with Gasteiger partial charge in [0.25, 0.3) is 0 Å². The van der Waals surface area contributed by atoms with Crippen molar-refractivity contribution in [1.82, 2.24) is 0 Å². The van der Waals surface area contributed by atoms with Crippen molar-refractivity contribution in [2.45, 2.75) is 336 Å². The van der Waals surface area contributed by atoms with Crippen molar-refractivity contribution in [2.75, 3.05) is 95.5 Å². The summed E-state index contributed by atoms with van der Waals surface area (Å²) < 4.78 is 69.0. The molecule has 0 aromatic heterocycles. The first-order valence-corrected chi connectivity index (χ1v) is 49.3. The molecular weight excluding hydrogens is 1860 g/mol. The Balaban J connectivity index is -0.000000368. The van der Waals surface area contributed by atoms with Crippen LogP contribution in [0.15, 0.2) is 115 Å². The zero-order valence-corrected chi connectivity index (χ0v) is 94.8. The van der Waals surface area contributed by atoms with E-state index >= 15 is 0 Å². The maximum Gasteiger partial charge on any atom is 0.333 e. The Kier molecular flexibility index (Phi) is 71.3. The van der Waals surface area contributed by atoms with Crippen molar-refractivity contribution in [1.29, 1.82) is 0 Å². The van der Waals surface area contributed by atoms with Crippen LogP contribution >= 0.6 is 0 Å². The molecule has 7 atom stereocenters. The number of carbonyl (C=O) groups excluding carboxylic acids is 12. The van der Waals surface area contributed by atoms with Gasteiger partial charge in [-0.3, -0.25) is 57.5 Å². The average molecular weight is 2040 g/mol. The third-order valence-electron chi connectivity index (χ3n) is 25.6. The molecule has 826 valence electrons. The number of carboxylic acids is 2. The minimum atomic E-state index is -1.02. The summed E-state index contributed by atoms with van der Waals surface area (Å²) in [6, 6.07) is 30.1. The number of aliphatic carboxylic acids is 2. The van der Waals surface area contributed by atoms with Crippen LogP contribution in [0.5, 0.6) is 0 Å². The lowest BCUT2D eigenvalue weighted by molar-refractivity contribution is -0.182. The van der Waals surface area contributed by atoms with E-state index in [0.29, 0.717) is 83.7 Å². The van der Waals surface area contributed by atoms with E-state index in [1.807, 2.05) is 185 Å². The number of esters is 12.